The second kappa shape index (κ2) is 25.8. The van der Waals surface area contributed by atoms with Gasteiger partial charge in [0.25, 0.3) is 0 Å². The molecular formula is C105H80N2. The van der Waals surface area contributed by atoms with Gasteiger partial charge in [-0.1, -0.05) is 343 Å². The number of hydrogen-bond donors (Lipinski definition) is 0. The average molecular weight is 1370 g/mol. The highest BCUT2D eigenvalue weighted by Crippen LogP contribution is 2.59. The van der Waals surface area contributed by atoms with Gasteiger partial charge in [0.1, 0.15) is 0 Å². The number of nitrogens with zero attached hydrogens (tertiary/aromatic N) is 2. The lowest BCUT2D eigenvalue weighted by Gasteiger charge is -2.35. The minimum Gasteiger partial charge on any atom is -0.310 e. The molecule has 20 rings (SSSR count). The van der Waals surface area contributed by atoms with Crippen LogP contribution >= 0.6 is 0 Å². The van der Waals surface area contributed by atoms with E-state index in [1.54, 1.807) is 0 Å². The molecule has 0 bridgehead atoms. The van der Waals surface area contributed by atoms with Gasteiger partial charge in [-0.25, -0.2) is 0 Å². The van der Waals surface area contributed by atoms with Gasteiger partial charge in [-0.15, -0.1) is 0 Å². The molecule has 16 aromatic rings. The van der Waals surface area contributed by atoms with Crippen LogP contribution in [0.25, 0.3) is 77.9 Å². The van der Waals surface area contributed by atoms with Crippen LogP contribution in [0.4, 0.5) is 34.1 Å². The summed E-state index contributed by atoms with van der Waals surface area (Å²) >= 11 is 0. The first-order valence-electron chi connectivity index (χ1n) is 37.6. The fourth-order valence-corrected chi connectivity index (χ4v) is 18.6. The van der Waals surface area contributed by atoms with Crippen molar-refractivity contribution >= 4 is 34.1 Å². The molecule has 0 spiro atoms. The maximum atomic E-state index is 2.47. The predicted molar refractivity (Wildman–Crippen MR) is 448 cm³/mol. The highest BCUT2D eigenvalue weighted by molar-refractivity contribution is 5.92. The summed E-state index contributed by atoms with van der Waals surface area (Å²) in [5.41, 5.74) is 38.2. The normalized spacial score (nSPS) is 14.1. The summed E-state index contributed by atoms with van der Waals surface area (Å²) in [5.74, 6) is 0. The maximum absolute atomic E-state index is 2.47. The zero-order valence-corrected chi connectivity index (χ0v) is 60.9. The molecule has 0 unspecified atom stereocenters. The molecule has 510 valence electrons. The van der Waals surface area contributed by atoms with Crippen LogP contribution in [-0.4, -0.2) is 0 Å². The first-order valence-corrected chi connectivity index (χ1v) is 37.6. The fourth-order valence-electron chi connectivity index (χ4n) is 18.6. The van der Waals surface area contributed by atoms with E-state index in [0.717, 1.165) is 34.1 Å². The van der Waals surface area contributed by atoms with Crippen LogP contribution in [0.3, 0.4) is 0 Å². The van der Waals surface area contributed by atoms with Crippen molar-refractivity contribution in [3.05, 3.63) is 456 Å². The minimum absolute atomic E-state index is 0.0859. The molecule has 0 heterocycles. The summed E-state index contributed by atoms with van der Waals surface area (Å²) in [6.07, 6.45) is 0. The first-order chi connectivity index (χ1) is 52.5. The van der Waals surface area contributed by atoms with Crippen molar-refractivity contribution in [1.29, 1.82) is 0 Å². The molecule has 0 radical (unpaired) electrons. The highest BCUT2D eigenvalue weighted by Gasteiger charge is 2.47. The van der Waals surface area contributed by atoms with E-state index in [1.807, 2.05) is 0 Å². The summed E-state index contributed by atoms with van der Waals surface area (Å²) in [4.78, 5) is 4.91. The van der Waals surface area contributed by atoms with Crippen molar-refractivity contribution in [2.24, 2.45) is 0 Å². The van der Waals surface area contributed by atoms with Crippen molar-refractivity contribution in [2.45, 2.75) is 56.3 Å². The molecule has 0 aliphatic heterocycles. The molecule has 2 nitrogen and oxygen atoms in total. The first kappa shape index (κ1) is 64.9. The number of benzene rings is 16. The van der Waals surface area contributed by atoms with E-state index in [0.29, 0.717) is 0 Å². The van der Waals surface area contributed by atoms with Crippen LogP contribution in [-0.2, 0) is 21.7 Å². The van der Waals surface area contributed by atoms with Crippen LogP contribution in [0.2, 0.25) is 0 Å². The Morgan fingerprint density at radius 1 is 0.168 bits per heavy atom. The molecule has 4 aliphatic rings. The van der Waals surface area contributed by atoms with Crippen LogP contribution in [0, 0.1) is 0 Å². The monoisotopic (exact) mass is 1370 g/mol. The quantitative estimate of drug-likeness (QED) is 0.120. The Morgan fingerprint density at radius 2 is 0.458 bits per heavy atom. The number of hydrogen-bond acceptors (Lipinski definition) is 2. The second-order valence-electron chi connectivity index (χ2n) is 30.4. The van der Waals surface area contributed by atoms with Gasteiger partial charge in [0.05, 0.1) is 5.41 Å². The lowest BCUT2D eigenvalue weighted by atomic mass is 9.67. The lowest BCUT2D eigenvalue weighted by Crippen LogP contribution is -2.28. The van der Waals surface area contributed by atoms with Gasteiger partial charge in [0, 0.05) is 50.4 Å². The third-order valence-electron chi connectivity index (χ3n) is 23.9. The molecule has 0 N–H and O–H groups in total. The van der Waals surface area contributed by atoms with E-state index in [1.165, 1.54) is 139 Å². The van der Waals surface area contributed by atoms with E-state index < -0.39 is 5.41 Å². The number of fused-ring (bicyclic) bond motifs is 12. The van der Waals surface area contributed by atoms with E-state index in [-0.39, 0.29) is 16.2 Å². The molecule has 2 heteroatoms. The second-order valence-corrected chi connectivity index (χ2v) is 30.4. The lowest BCUT2D eigenvalue weighted by molar-refractivity contribution is 0.660. The van der Waals surface area contributed by atoms with Gasteiger partial charge < -0.3 is 9.80 Å². The molecule has 0 atom stereocenters. The molecule has 0 saturated heterocycles. The Morgan fingerprint density at radius 3 is 0.972 bits per heavy atom. The number of rotatable bonds is 12. The Bertz CT molecular complexity index is 5990. The summed E-state index contributed by atoms with van der Waals surface area (Å²) in [5, 5.41) is 0. The van der Waals surface area contributed by atoms with E-state index in [9.17, 15) is 0 Å². The third kappa shape index (κ3) is 10.5. The summed E-state index contributed by atoms with van der Waals surface area (Å²) in [6.45, 7) is 11.9. The van der Waals surface area contributed by atoms with Crippen molar-refractivity contribution in [2.75, 3.05) is 9.80 Å². The topological polar surface area (TPSA) is 6.48 Å². The predicted octanol–water partition coefficient (Wildman–Crippen LogP) is 27.6. The standard InChI is InChI=1S/C58H43N.C47H37N/c1-57(2)55-37-43(41-20-8-4-9-21-41)32-34-51(55)52-35-33-48(39-56(52)57)59(46-26-16-22-42(36-46)40-18-6-3-7-19-40)47-27-17-25-45(38-47)58(44-23-10-5-11-24-44)53-30-14-12-28-49(53)50-29-13-15-31-54(50)58;1-46(2)42-21-10-7-18-38(42)41-29-28-37(31-45(41)46)48(35-26-24-33(25-27-35)32-14-5-4-6-15-32)36-17-13-16-34(30-36)47(3)43-22-11-8-19-39(43)40-20-9-12-23-44(40)47/h3-39H,1-2H3;4-31H,1-3H3. The Balaban J connectivity index is 0.000000149. The van der Waals surface area contributed by atoms with Crippen LogP contribution in [0.1, 0.15) is 95.8 Å². The average Bonchev–Trinajstić information content (AvgIpc) is 1.56. The van der Waals surface area contributed by atoms with Crippen molar-refractivity contribution < 1.29 is 0 Å². The number of anilines is 6. The summed E-state index contributed by atoms with van der Waals surface area (Å²) < 4.78 is 0. The molecule has 107 heavy (non-hydrogen) atoms. The fraction of sp³-hybridized carbons (Fsp3) is 0.0857. The summed E-state index contributed by atoms with van der Waals surface area (Å²) in [7, 11) is 0. The zero-order valence-electron chi connectivity index (χ0n) is 60.9. The molecule has 16 aromatic carbocycles. The SMILES string of the molecule is CC1(C)c2cc(-c3ccccc3)ccc2-c2ccc(N(c3cccc(-c4ccccc4)c3)c3cccc(C4(c5ccccc5)c5ccccc5-c5ccccc54)c3)cc21.CC1(C)c2ccccc2-c2ccc(N(c3ccc(-c4ccccc4)cc3)c3cccc(C4(C)c5ccccc5-c5ccccc54)c3)cc21. The van der Waals surface area contributed by atoms with Gasteiger partial charge in [0.15, 0.2) is 0 Å². The van der Waals surface area contributed by atoms with Crippen molar-refractivity contribution in [3.8, 4) is 77.9 Å². The zero-order chi connectivity index (χ0) is 72.0. The molecule has 0 fully saturated rings. The van der Waals surface area contributed by atoms with Crippen LogP contribution in [0.15, 0.2) is 394 Å². The van der Waals surface area contributed by atoms with Crippen molar-refractivity contribution in [1.82, 2.24) is 0 Å². The highest BCUT2D eigenvalue weighted by atomic mass is 15.1. The Labute approximate surface area is 629 Å². The van der Waals surface area contributed by atoms with E-state index in [2.05, 4.69) is 439 Å². The smallest absolute Gasteiger partial charge is 0.0714 e. The summed E-state index contributed by atoms with van der Waals surface area (Å²) in [6, 6.07) is 146. The van der Waals surface area contributed by atoms with Crippen molar-refractivity contribution in [3.63, 3.8) is 0 Å². The molecule has 0 aromatic heterocycles. The van der Waals surface area contributed by atoms with Gasteiger partial charge >= 0.3 is 0 Å². The molecule has 4 aliphatic carbocycles. The van der Waals surface area contributed by atoms with Crippen LogP contribution < -0.4 is 9.80 Å². The Kier molecular flexibility index (Phi) is 15.6. The van der Waals surface area contributed by atoms with E-state index in [4.69, 9.17) is 0 Å². The molecular weight excluding hydrogens is 1290 g/mol. The molecule has 0 saturated carbocycles. The van der Waals surface area contributed by atoms with Gasteiger partial charge in [0.2, 0.25) is 0 Å². The minimum atomic E-state index is -0.500. The van der Waals surface area contributed by atoms with Gasteiger partial charge in [-0.2, -0.15) is 0 Å². The van der Waals surface area contributed by atoms with Crippen LogP contribution in [0.5, 0.6) is 0 Å². The molecule has 0 amide bonds. The Hall–Kier alpha value is -12.9. The maximum Gasteiger partial charge on any atom is 0.0714 e. The third-order valence-corrected chi connectivity index (χ3v) is 23.9. The van der Waals surface area contributed by atoms with Gasteiger partial charge in [-0.3, -0.25) is 0 Å². The van der Waals surface area contributed by atoms with E-state index >= 15 is 0 Å². The largest absolute Gasteiger partial charge is 0.310 e. The van der Waals surface area contributed by atoms with Gasteiger partial charge in [-0.05, 0) is 225 Å².